The summed E-state index contributed by atoms with van der Waals surface area (Å²) in [5.74, 6) is 0.867. The number of amides is 1. The van der Waals surface area contributed by atoms with E-state index in [0.717, 1.165) is 5.56 Å². The topological polar surface area (TPSA) is 86.2 Å². The van der Waals surface area contributed by atoms with Crippen molar-refractivity contribution in [2.24, 2.45) is 5.10 Å². The Bertz CT molecular complexity index is 1020. The van der Waals surface area contributed by atoms with Gasteiger partial charge in [-0.15, -0.1) is 0 Å². The average Bonchev–Trinajstić information content (AvgIpc) is 2.80. The molecule has 0 aliphatic heterocycles. The lowest BCUT2D eigenvalue weighted by molar-refractivity contribution is -0.123. The van der Waals surface area contributed by atoms with Crippen LogP contribution in [0, 0.1) is 0 Å². The zero-order valence-corrected chi connectivity index (χ0v) is 17.0. The van der Waals surface area contributed by atoms with Crippen LogP contribution in [0.1, 0.15) is 22.8 Å². The summed E-state index contributed by atoms with van der Waals surface area (Å²) in [6, 6.07) is 22.5. The van der Waals surface area contributed by atoms with Crippen LogP contribution < -0.4 is 19.6 Å². The minimum Gasteiger partial charge on any atom is -0.494 e. The van der Waals surface area contributed by atoms with Crippen molar-refractivity contribution >= 4 is 18.1 Å². The van der Waals surface area contributed by atoms with Crippen molar-refractivity contribution in [3.8, 4) is 17.2 Å². The van der Waals surface area contributed by atoms with Crippen LogP contribution in [0.4, 0.5) is 0 Å². The maximum atomic E-state index is 12.2. The summed E-state index contributed by atoms with van der Waals surface area (Å²) in [4.78, 5) is 24.0. The van der Waals surface area contributed by atoms with Crippen molar-refractivity contribution in [1.82, 2.24) is 5.43 Å². The van der Waals surface area contributed by atoms with Crippen LogP contribution in [0.5, 0.6) is 17.2 Å². The van der Waals surface area contributed by atoms with Crippen molar-refractivity contribution in [3.05, 3.63) is 90.0 Å². The SMILES string of the molecule is CCOc1ccc(C(=O)Oc2ccc(/C=N\NC(=O)COc3ccccc3)cc2)cc1. The molecule has 0 saturated heterocycles. The molecule has 0 aromatic heterocycles. The van der Waals surface area contributed by atoms with Gasteiger partial charge >= 0.3 is 5.97 Å². The number of hydrogen-bond donors (Lipinski definition) is 1. The van der Waals surface area contributed by atoms with Gasteiger partial charge in [-0.25, -0.2) is 10.2 Å². The monoisotopic (exact) mass is 418 g/mol. The van der Waals surface area contributed by atoms with E-state index in [-0.39, 0.29) is 12.5 Å². The molecule has 31 heavy (non-hydrogen) atoms. The number of esters is 1. The number of ether oxygens (including phenoxy) is 3. The molecule has 7 heteroatoms. The molecule has 0 aliphatic carbocycles. The highest BCUT2D eigenvalue weighted by Gasteiger charge is 2.09. The van der Waals surface area contributed by atoms with Gasteiger partial charge in [0.15, 0.2) is 6.61 Å². The number of para-hydroxylation sites is 1. The van der Waals surface area contributed by atoms with E-state index in [4.69, 9.17) is 14.2 Å². The van der Waals surface area contributed by atoms with E-state index in [9.17, 15) is 9.59 Å². The van der Waals surface area contributed by atoms with Gasteiger partial charge in [0, 0.05) is 0 Å². The van der Waals surface area contributed by atoms with Crippen LogP contribution in [0.15, 0.2) is 84.0 Å². The Morgan fingerprint density at radius 1 is 0.839 bits per heavy atom. The standard InChI is InChI=1S/C24H22N2O5/c1-2-29-21-14-10-19(11-15-21)24(28)31-22-12-8-18(9-13-22)16-25-26-23(27)17-30-20-6-4-3-5-7-20/h3-16H,2,17H2,1H3,(H,26,27)/b25-16-. The Kier molecular flexibility index (Phi) is 7.77. The molecule has 0 fully saturated rings. The highest BCUT2D eigenvalue weighted by atomic mass is 16.5. The van der Waals surface area contributed by atoms with Gasteiger partial charge in [-0.2, -0.15) is 5.10 Å². The summed E-state index contributed by atoms with van der Waals surface area (Å²) in [7, 11) is 0. The third kappa shape index (κ3) is 7.01. The molecule has 0 bridgehead atoms. The molecule has 3 aromatic carbocycles. The average molecular weight is 418 g/mol. The van der Waals surface area contributed by atoms with Gasteiger partial charge < -0.3 is 14.2 Å². The van der Waals surface area contributed by atoms with Crippen LogP contribution in [0.2, 0.25) is 0 Å². The molecule has 0 spiro atoms. The van der Waals surface area contributed by atoms with Gasteiger partial charge in [0.05, 0.1) is 18.4 Å². The molecule has 0 atom stereocenters. The Hall–Kier alpha value is -4.13. The third-order valence-electron chi connectivity index (χ3n) is 4.01. The Morgan fingerprint density at radius 3 is 2.16 bits per heavy atom. The summed E-state index contributed by atoms with van der Waals surface area (Å²) in [5.41, 5.74) is 3.55. The van der Waals surface area contributed by atoms with Crippen molar-refractivity contribution in [1.29, 1.82) is 0 Å². The fourth-order valence-electron chi connectivity index (χ4n) is 2.52. The zero-order chi connectivity index (χ0) is 21.9. The number of nitrogens with one attached hydrogen (secondary N) is 1. The summed E-state index contributed by atoms with van der Waals surface area (Å²) < 4.78 is 16.1. The lowest BCUT2D eigenvalue weighted by Gasteiger charge is -2.06. The maximum Gasteiger partial charge on any atom is 0.343 e. The van der Waals surface area contributed by atoms with Crippen LogP contribution in [-0.2, 0) is 4.79 Å². The summed E-state index contributed by atoms with van der Waals surface area (Å²) in [6.07, 6.45) is 1.48. The molecular formula is C24H22N2O5. The van der Waals surface area contributed by atoms with Gasteiger partial charge in [-0.3, -0.25) is 4.79 Å². The van der Waals surface area contributed by atoms with E-state index in [0.29, 0.717) is 29.4 Å². The number of hydrazone groups is 1. The van der Waals surface area contributed by atoms with E-state index in [2.05, 4.69) is 10.5 Å². The molecule has 0 heterocycles. The number of rotatable bonds is 9. The molecule has 1 amide bonds. The quantitative estimate of drug-likeness (QED) is 0.247. The molecule has 0 aliphatic rings. The second-order valence-corrected chi connectivity index (χ2v) is 6.31. The molecule has 7 nitrogen and oxygen atoms in total. The molecular weight excluding hydrogens is 396 g/mol. The Morgan fingerprint density at radius 2 is 1.48 bits per heavy atom. The van der Waals surface area contributed by atoms with Crippen LogP contribution in [-0.4, -0.2) is 31.3 Å². The van der Waals surface area contributed by atoms with Gasteiger partial charge in [0.25, 0.3) is 5.91 Å². The van der Waals surface area contributed by atoms with Gasteiger partial charge in [-0.1, -0.05) is 18.2 Å². The number of carbonyl (C=O) groups is 2. The zero-order valence-electron chi connectivity index (χ0n) is 17.0. The second kappa shape index (κ2) is 11.2. The Labute approximate surface area is 180 Å². The molecule has 0 radical (unpaired) electrons. The van der Waals surface area contributed by atoms with E-state index < -0.39 is 5.97 Å². The summed E-state index contributed by atoms with van der Waals surface area (Å²) in [6.45, 7) is 2.32. The Balaban J connectivity index is 1.45. The van der Waals surface area contributed by atoms with E-state index >= 15 is 0 Å². The number of carbonyl (C=O) groups excluding carboxylic acids is 2. The summed E-state index contributed by atoms with van der Waals surface area (Å²) in [5, 5.41) is 3.89. The molecule has 3 rings (SSSR count). The van der Waals surface area contributed by atoms with E-state index in [1.54, 1.807) is 60.7 Å². The molecule has 3 aromatic rings. The minimum absolute atomic E-state index is 0.137. The first-order chi connectivity index (χ1) is 15.1. The maximum absolute atomic E-state index is 12.2. The largest absolute Gasteiger partial charge is 0.494 e. The predicted molar refractivity (Wildman–Crippen MR) is 117 cm³/mol. The lowest BCUT2D eigenvalue weighted by Crippen LogP contribution is -2.24. The fourth-order valence-corrected chi connectivity index (χ4v) is 2.52. The number of hydrogen-bond acceptors (Lipinski definition) is 6. The number of nitrogens with zero attached hydrogens (tertiary/aromatic N) is 1. The molecule has 1 N–H and O–H groups in total. The highest BCUT2D eigenvalue weighted by Crippen LogP contribution is 2.16. The van der Waals surface area contributed by atoms with Crippen LogP contribution in [0.3, 0.4) is 0 Å². The second-order valence-electron chi connectivity index (χ2n) is 6.31. The molecule has 158 valence electrons. The highest BCUT2D eigenvalue weighted by molar-refractivity contribution is 5.91. The first-order valence-electron chi connectivity index (χ1n) is 9.69. The first kappa shape index (κ1) is 21.6. The van der Waals surface area contributed by atoms with Gasteiger partial charge in [0.1, 0.15) is 17.2 Å². The normalized spacial score (nSPS) is 10.5. The van der Waals surface area contributed by atoms with Crippen LogP contribution >= 0.6 is 0 Å². The van der Waals surface area contributed by atoms with Crippen molar-refractivity contribution in [2.45, 2.75) is 6.92 Å². The van der Waals surface area contributed by atoms with Crippen molar-refractivity contribution < 1.29 is 23.8 Å². The van der Waals surface area contributed by atoms with Crippen molar-refractivity contribution in [3.63, 3.8) is 0 Å². The van der Waals surface area contributed by atoms with Gasteiger partial charge in [-0.05, 0) is 73.2 Å². The summed E-state index contributed by atoms with van der Waals surface area (Å²) >= 11 is 0. The third-order valence-corrected chi connectivity index (χ3v) is 4.01. The smallest absolute Gasteiger partial charge is 0.343 e. The van der Waals surface area contributed by atoms with Gasteiger partial charge in [0.2, 0.25) is 0 Å². The molecule has 0 saturated carbocycles. The fraction of sp³-hybridized carbons (Fsp3) is 0.125. The lowest BCUT2D eigenvalue weighted by atomic mass is 10.2. The van der Waals surface area contributed by atoms with E-state index in [1.165, 1.54) is 6.21 Å². The molecule has 0 unspecified atom stereocenters. The minimum atomic E-state index is -0.463. The van der Waals surface area contributed by atoms with E-state index in [1.807, 2.05) is 25.1 Å². The van der Waals surface area contributed by atoms with Crippen LogP contribution in [0.25, 0.3) is 0 Å². The predicted octanol–water partition coefficient (Wildman–Crippen LogP) is 3.83. The number of benzene rings is 3. The van der Waals surface area contributed by atoms with Crippen molar-refractivity contribution in [2.75, 3.05) is 13.2 Å². The first-order valence-corrected chi connectivity index (χ1v) is 9.69.